The summed E-state index contributed by atoms with van der Waals surface area (Å²) in [6.45, 7) is 2.86. The second kappa shape index (κ2) is 6.88. The summed E-state index contributed by atoms with van der Waals surface area (Å²) < 4.78 is 1.16. The van der Waals surface area contributed by atoms with Crippen LogP contribution in [0.5, 0.6) is 0 Å². The molecule has 0 aliphatic carbocycles. The van der Waals surface area contributed by atoms with E-state index in [1.807, 2.05) is 0 Å². The van der Waals surface area contributed by atoms with Gasteiger partial charge in [0.15, 0.2) is 0 Å². The van der Waals surface area contributed by atoms with E-state index in [0.29, 0.717) is 11.6 Å². The molecule has 0 spiro atoms. The van der Waals surface area contributed by atoms with Crippen molar-refractivity contribution < 1.29 is 5.11 Å². The minimum absolute atomic E-state index is 0.132. The molecule has 1 aromatic rings. The molecule has 1 saturated heterocycles. The quantitative estimate of drug-likeness (QED) is 0.726. The number of halogens is 1. The Hall–Kier alpha value is -1.11. The lowest BCUT2D eigenvalue weighted by atomic mass is 10.00. The number of aromatic nitrogens is 2. The van der Waals surface area contributed by atoms with Crippen molar-refractivity contribution >= 4 is 17.3 Å². The lowest BCUT2D eigenvalue weighted by Gasteiger charge is -2.23. The van der Waals surface area contributed by atoms with E-state index >= 15 is 0 Å². The predicted molar refractivity (Wildman–Crippen MR) is 74.7 cm³/mol. The Balaban J connectivity index is 2.00. The van der Waals surface area contributed by atoms with Gasteiger partial charge in [-0.05, 0) is 31.8 Å². The third kappa shape index (κ3) is 3.68. The highest BCUT2D eigenvalue weighted by Crippen LogP contribution is 2.17. The zero-order valence-electron chi connectivity index (χ0n) is 10.7. The second-order valence-corrected chi connectivity index (χ2v) is 5.10. The van der Waals surface area contributed by atoms with E-state index in [1.54, 1.807) is 0 Å². The first kappa shape index (κ1) is 14.3. The lowest BCUT2D eigenvalue weighted by Crippen LogP contribution is -2.34. The lowest BCUT2D eigenvalue weighted by molar-refractivity contribution is 0.266. The van der Waals surface area contributed by atoms with Crippen molar-refractivity contribution in [3.63, 3.8) is 0 Å². The number of nitrogens with one attached hydrogen (secondary N) is 2. The Kier molecular flexibility index (Phi) is 5.18. The Bertz CT molecular complexity index is 471. The van der Waals surface area contributed by atoms with Gasteiger partial charge in [-0.15, -0.1) is 0 Å². The summed E-state index contributed by atoms with van der Waals surface area (Å²) in [6.07, 6.45) is 3.89. The first-order valence-electron chi connectivity index (χ1n) is 6.53. The van der Waals surface area contributed by atoms with Crippen molar-refractivity contribution in [3.05, 3.63) is 21.6 Å². The number of nitrogens with zero attached hydrogens (tertiary/aromatic N) is 2. The summed E-state index contributed by atoms with van der Waals surface area (Å²) in [5.41, 5.74) is 0.189. The van der Waals surface area contributed by atoms with Gasteiger partial charge in [0.05, 0.1) is 25.0 Å². The van der Waals surface area contributed by atoms with Crippen LogP contribution in [-0.2, 0) is 6.54 Å². The molecule has 0 radical (unpaired) electrons. The van der Waals surface area contributed by atoms with Gasteiger partial charge in [-0.3, -0.25) is 4.79 Å². The second-order valence-electron chi connectivity index (χ2n) is 4.72. The van der Waals surface area contributed by atoms with E-state index in [4.69, 9.17) is 16.7 Å². The van der Waals surface area contributed by atoms with E-state index in [9.17, 15) is 4.79 Å². The molecule has 0 aromatic carbocycles. The van der Waals surface area contributed by atoms with Crippen molar-refractivity contribution in [3.8, 4) is 0 Å². The summed E-state index contributed by atoms with van der Waals surface area (Å²) in [5, 5.41) is 19.4. The fraction of sp³-hybridized carbons (Fsp3) is 0.667. The number of piperidine rings is 1. The summed E-state index contributed by atoms with van der Waals surface area (Å²) in [7, 11) is 0. The van der Waals surface area contributed by atoms with Crippen LogP contribution in [0.4, 0.5) is 5.69 Å². The fourth-order valence-corrected chi connectivity index (χ4v) is 2.41. The van der Waals surface area contributed by atoms with E-state index in [1.165, 1.54) is 19.0 Å². The van der Waals surface area contributed by atoms with Gasteiger partial charge in [0.25, 0.3) is 5.56 Å². The normalized spacial score (nSPS) is 19.4. The monoisotopic (exact) mass is 286 g/mol. The maximum atomic E-state index is 11.8. The summed E-state index contributed by atoms with van der Waals surface area (Å²) in [6, 6.07) is 0. The minimum atomic E-state index is -0.373. The third-order valence-corrected chi connectivity index (χ3v) is 3.64. The zero-order valence-corrected chi connectivity index (χ0v) is 11.5. The van der Waals surface area contributed by atoms with Crippen LogP contribution in [0.1, 0.15) is 12.8 Å². The van der Waals surface area contributed by atoms with E-state index < -0.39 is 0 Å². The molecule has 106 valence electrons. The molecule has 1 aliphatic heterocycles. The van der Waals surface area contributed by atoms with Crippen LogP contribution < -0.4 is 16.2 Å². The predicted octanol–water partition coefficient (Wildman–Crippen LogP) is 0.300. The first-order valence-corrected chi connectivity index (χ1v) is 6.91. The standard InChI is InChI=1S/C12H19ClN4O2/c13-11-10(8-16-17(4-5-18)12(11)19)15-7-9-2-1-3-14-6-9/h8-9,14-15,18H,1-7H2. The first-order chi connectivity index (χ1) is 9.22. The highest BCUT2D eigenvalue weighted by atomic mass is 35.5. The molecule has 7 heteroatoms. The van der Waals surface area contributed by atoms with Crippen LogP contribution in [0.25, 0.3) is 0 Å². The van der Waals surface area contributed by atoms with Gasteiger partial charge in [-0.25, -0.2) is 4.68 Å². The molecule has 0 amide bonds. The summed E-state index contributed by atoms with van der Waals surface area (Å²) in [4.78, 5) is 11.8. The van der Waals surface area contributed by atoms with Gasteiger partial charge < -0.3 is 15.7 Å². The minimum Gasteiger partial charge on any atom is -0.394 e. The van der Waals surface area contributed by atoms with Crippen LogP contribution in [0, 0.1) is 5.92 Å². The SMILES string of the molecule is O=c1c(Cl)c(NCC2CCCNC2)cnn1CCO. The van der Waals surface area contributed by atoms with Crippen LogP contribution in [-0.4, -0.2) is 41.1 Å². The number of aliphatic hydroxyl groups excluding tert-OH is 1. The molecule has 1 fully saturated rings. The van der Waals surface area contributed by atoms with Crippen molar-refractivity contribution in [2.24, 2.45) is 5.92 Å². The molecule has 19 heavy (non-hydrogen) atoms. The smallest absolute Gasteiger partial charge is 0.287 e. The molecule has 1 aromatic heterocycles. The van der Waals surface area contributed by atoms with Gasteiger partial charge in [0, 0.05) is 6.54 Å². The molecule has 1 aliphatic rings. The molecule has 6 nitrogen and oxygen atoms in total. The van der Waals surface area contributed by atoms with E-state index in [-0.39, 0.29) is 23.7 Å². The summed E-state index contributed by atoms with van der Waals surface area (Å²) in [5.74, 6) is 0.546. The average Bonchev–Trinajstić information content (AvgIpc) is 2.44. The largest absolute Gasteiger partial charge is 0.394 e. The molecule has 3 N–H and O–H groups in total. The topological polar surface area (TPSA) is 79.2 Å². The molecular formula is C12H19ClN4O2. The molecule has 0 bridgehead atoms. The van der Waals surface area contributed by atoms with Crippen LogP contribution in [0.3, 0.4) is 0 Å². The van der Waals surface area contributed by atoms with Crippen molar-refractivity contribution in [2.75, 3.05) is 31.6 Å². The molecule has 1 unspecified atom stereocenters. The van der Waals surface area contributed by atoms with Gasteiger partial charge >= 0.3 is 0 Å². The highest BCUT2D eigenvalue weighted by molar-refractivity contribution is 6.32. The number of hydrogen-bond donors (Lipinski definition) is 3. The Labute approximate surface area is 116 Å². The van der Waals surface area contributed by atoms with Crippen LogP contribution in [0.15, 0.2) is 11.0 Å². The average molecular weight is 287 g/mol. The number of anilines is 1. The maximum Gasteiger partial charge on any atom is 0.287 e. The van der Waals surface area contributed by atoms with Gasteiger partial charge in [0.1, 0.15) is 5.02 Å². The van der Waals surface area contributed by atoms with Crippen LogP contribution in [0.2, 0.25) is 5.02 Å². The third-order valence-electron chi connectivity index (χ3n) is 3.28. The van der Waals surface area contributed by atoms with E-state index in [0.717, 1.165) is 24.3 Å². The van der Waals surface area contributed by atoms with Crippen molar-refractivity contribution in [1.29, 1.82) is 0 Å². The van der Waals surface area contributed by atoms with Gasteiger partial charge in [-0.1, -0.05) is 11.6 Å². The molecule has 1 atom stereocenters. The number of rotatable bonds is 5. The highest BCUT2D eigenvalue weighted by Gasteiger charge is 2.14. The van der Waals surface area contributed by atoms with Gasteiger partial charge in [0.2, 0.25) is 0 Å². The van der Waals surface area contributed by atoms with E-state index in [2.05, 4.69) is 15.7 Å². The van der Waals surface area contributed by atoms with Crippen molar-refractivity contribution in [2.45, 2.75) is 19.4 Å². The molecular weight excluding hydrogens is 268 g/mol. The van der Waals surface area contributed by atoms with Crippen LogP contribution >= 0.6 is 11.6 Å². The zero-order chi connectivity index (χ0) is 13.7. The van der Waals surface area contributed by atoms with Crippen molar-refractivity contribution in [1.82, 2.24) is 15.1 Å². The summed E-state index contributed by atoms with van der Waals surface area (Å²) >= 11 is 6.02. The fourth-order valence-electron chi connectivity index (χ4n) is 2.19. The Morgan fingerprint density at radius 2 is 2.47 bits per heavy atom. The maximum absolute atomic E-state index is 11.8. The van der Waals surface area contributed by atoms with Gasteiger partial charge in [-0.2, -0.15) is 5.10 Å². The number of hydrogen-bond acceptors (Lipinski definition) is 5. The Morgan fingerprint density at radius 3 is 3.16 bits per heavy atom. The Morgan fingerprint density at radius 1 is 1.63 bits per heavy atom. The molecule has 2 heterocycles. The molecule has 2 rings (SSSR count). The number of aliphatic hydroxyl groups is 1. The molecule has 0 saturated carbocycles.